The predicted octanol–water partition coefficient (Wildman–Crippen LogP) is -4.49. The molecule has 0 saturated carbocycles. The van der Waals surface area contributed by atoms with Crippen molar-refractivity contribution in [2.75, 3.05) is 18.9 Å². The molecule has 6 rings (SSSR count). The van der Waals surface area contributed by atoms with E-state index >= 15 is 0 Å². The maximum absolute atomic E-state index is 12.4. The van der Waals surface area contributed by atoms with E-state index in [0.29, 0.717) is 0 Å². The van der Waals surface area contributed by atoms with E-state index < -0.39 is 89.8 Å². The van der Waals surface area contributed by atoms with Crippen LogP contribution >= 0.6 is 15.6 Å². The number of nitrogens with one attached hydrogen (secondary N) is 1. The second-order valence-corrected chi connectivity index (χ2v) is 15.0. The van der Waals surface area contributed by atoms with Crippen LogP contribution < -0.4 is 30.8 Å². The summed E-state index contributed by atoms with van der Waals surface area (Å²) in [4.78, 5) is 59.0. The number of hydrogen-bond acceptors (Lipinski definition) is 21. The molecule has 53 heavy (non-hydrogen) atoms. The van der Waals surface area contributed by atoms with Crippen LogP contribution in [0.5, 0.6) is 6.01 Å². The summed E-state index contributed by atoms with van der Waals surface area (Å²) in [5.74, 6) is -0.219. The molecule has 3 aliphatic rings. The van der Waals surface area contributed by atoms with Gasteiger partial charge in [-0.1, -0.05) is 4.98 Å². The molecule has 9 unspecified atom stereocenters. The molecule has 1 aromatic carbocycles. The third-order valence-electron chi connectivity index (χ3n) is 8.40. The van der Waals surface area contributed by atoms with Crippen molar-refractivity contribution in [1.29, 1.82) is 0 Å². The van der Waals surface area contributed by atoms with Crippen molar-refractivity contribution in [3.05, 3.63) is 46.3 Å². The molecular weight excluding hydrogens is 752 g/mol. The van der Waals surface area contributed by atoms with Gasteiger partial charge in [-0.3, -0.25) is 18.9 Å². The number of H-pyrrole nitrogens is 1. The maximum atomic E-state index is 12.4. The number of phosphoric ester groups is 2. The molecule has 1 fully saturated rings. The monoisotopic (exact) mass is 783 g/mol. The lowest BCUT2D eigenvalue weighted by Gasteiger charge is -2.32. The van der Waals surface area contributed by atoms with E-state index in [1.807, 2.05) is 0 Å². The minimum Gasteiger partial charge on any atom is -0.844 e. The van der Waals surface area contributed by atoms with Gasteiger partial charge < -0.3 is 64.5 Å². The first-order chi connectivity index (χ1) is 24.9. The highest BCUT2D eigenvalue weighted by atomic mass is 31.3. The number of phosphoric acid groups is 2. The highest BCUT2D eigenvalue weighted by Crippen LogP contribution is 2.55. The largest absolute Gasteiger partial charge is 0.844 e. The molecule has 24 nitrogen and oxygen atoms in total. The summed E-state index contributed by atoms with van der Waals surface area (Å²) in [6, 6.07) is 2.10. The number of aromatic amines is 1. The topological polar surface area (TPSA) is 374 Å². The zero-order valence-electron chi connectivity index (χ0n) is 27.4. The number of benzene rings is 1. The molecule has 3 aliphatic heterocycles. The van der Waals surface area contributed by atoms with Crippen molar-refractivity contribution in [2.45, 2.75) is 63.2 Å². The fourth-order valence-corrected chi connectivity index (χ4v) is 7.58. The number of aryl methyl sites for hydroxylation is 2. The molecular formula is C27H31N9O15P2-2. The van der Waals surface area contributed by atoms with Crippen molar-refractivity contribution in [1.82, 2.24) is 34.5 Å². The number of ether oxygens (including phenoxy) is 1. The Balaban J connectivity index is 1.07. The SMILES string of the molecule is Cc1cc2nc3c(=O)nc([O-])nc-3n(CC(O)C(O)C(O)COP(=O)([O-])OP(=O)([O-])OCC3OC([n+]4c[nH]c5c(N)ncnc54)C(O)C3O)c2cc1C. The molecule has 3 aromatic rings. The van der Waals surface area contributed by atoms with Gasteiger partial charge in [0.15, 0.2) is 30.0 Å². The Morgan fingerprint density at radius 3 is 2.47 bits per heavy atom. The van der Waals surface area contributed by atoms with E-state index in [9.17, 15) is 54.4 Å². The van der Waals surface area contributed by atoms with Crippen LogP contribution in [0.25, 0.3) is 33.7 Å². The Hall–Kier alpha value is -4.13. The smallest absolute Gasteiger partial charge is 0.309 e. The number of nitrogens with zero attached hydrogens (tertiary/aromatic N) is 7. The zero-order chi connectivity index (χ0) is 38.6. The first kappa shape index (κ1) is 38.6. The Bertz CT molecular complexity index is 2290. The second-order valence-electron chi connectivity index (χ2n) is 12.0. The molecule has 26 heteroatoms. The number of rotatable bonds is 13. The second kappa shape index (κ2) is 14.6. The summed E-state index contributed by atoms with van der Waals surface area (Å²) < 4.78 is 45.7. The van der Waals surface area contributed by atoms with E-state index in [0.717, 1.165) is 17.5 Å². The molecule has 5 heterocycles. The quantitative estimate of drug-likeness (QED) is 0.0336. The summed E-state index contributed by atoms with van der Waals surface area (Å²) >= 11 is 0. The fraction of sp³-hybridized carbons (Fsp3) is 0.444. The van der Waals surface area contributed by atoms with E-state index in [4.69, 9.17) is 10.5 Å². The third kappa shape index (κ3) is 7.91. The number of nitrogen functional groups attached to an aromatic ring is 1. The van der Waals surface area contributed by atoms with Crippen molar-refractivity contribution < 1.29 is 72.2 Å². The van der Waals surface area contributed by atoms with Crippen molar-refractivity contribution in [2.24, 2.45) is 0 Å². The number of aromatic nitrogens is 8. The number of aliphatic hydroxyl groups is 5. The average molecular weight is 784 g/mol. The van der Waals surface area contributed by atoms with Gasteiger partial charge in [0.2, 0.25) is 11.7 Å². The van der Waals surface area contributed by atoms with Gasteiger partial charge in [0.25, 0.3) is 21.2 Å². The molecule has 286 valence electrons. The number of aliphatic hydroxyl groups excluding tert-OH is 5. The van der Waals surface area contributed by atoms with Gasteiger partial charge >= 0.3 is 5.65 Å². The molecule has 0 radical (unpaired) electrons. The van der Waals surface area contributed by atoms with E-state index in [-0.39, 0.29) is 39.5 Å². The van der Waals surface area contributed by atoms with E-state index in [2.05, 4.69) is 43.3 Å². The molecule has 0 bridgehead atoms. The lowest BCUT2D eigenvalue weighted by atomic mass is 10.1. The first-order valence-electron chi connectivity index (χ1n) is 15.4. The van der Waals surface area contributed by atoms with Crippen molar-refractivity contribution in [3.8, 4) is 17.5 Å². The minimum absolute atomic E-state index is 0.0698. The number of anilines is 1. The predicted molar refractivity (Wildman–Crippen MR) is 168 cm³/mol. The Morgan fingerprint density at radius 2 is 1.74 bits per heavy atom. The van der Waals surface area contributed by atoms with Crippen LogP contribution in [0.2, 0.25) is 0 Å². The zero-order valence-corrected chi connectivity index (χ0v) is 29.2. The number of fused-ring (bicyclic) bond motifs is 3. The molecule has 0 aliphatic carbocycles. The molecule has 9 atom stereocenters. The standard InChI is InChI=1S/C27H33N9O15P2/c1-10-3-12-13(4-11(10)2)35(24-18(32-12)25(42)34-27(43)33-24)5-14(37)19(39)15(38)6-48-52(44,45)51-53(46,47)49-7-16-20(40)21(41)26(50-16)36-9-31-17-22(28)29-8-30-23(17)36/h3-4,8-9,14-16,19-21,26,37-41H,5-7H2,1-2H3,(H5,28,29,30,34,42,43,44,45,46,47)/p-2. The van der Waals surface area contributed by atoms with Gasteiger partial charge in [0.05, 0.1) is 36.8 Å². The summed E-state index contributed by atoms with van der Waals surface area (Å²) in [5, 5.41) is 64.9. The Morgan fingerprint density at radius 1 is 1.04 bits per heavy atom. The van der Waals surface area contributed by atoms with E-state index in [1.165, 1.54) is 15.5 Å². The Kier molecular flexibility index (Phi) is 10.6. The van der Waals surface area contributed by atoms with Gasteiger partial charge in [-0.15, -0.1) is 0 Å². The van der Waals surface area contributed by atoms with Crippen LogP contribution in [-0.2, 0) is 33.8 Å². The van der Waals surface area contributed by atoms with E-state index in [1.54, 1.807) is 26.0 Å². The number of nitrogens with two attached hydrogens (primary N) is 1. The molecule has 1 saturated heterocycles. The van der Waals surface area contributed by atoms with Gasteiger partial charge in [-0.25, -0.2) is 23.8 Å². The summed E-state index contributed by atoms with van der Waals surface area (Å²) in [7, 11) is -11.6. The summed E-state index contributed by atoms with van der Waals surface area (Å²) in [6.45, 7) is 0.552. The molecule has 0 amide bonds. The van der Waals surface area contributed by atoms with Gasteiger partial charge in [-0.05, 0) is 37.1 Å². The van der Waals surface area contributed by atoms with Gasteiger partial charge in [0.1, 0.15) is 36.6 Å². The normalized spacial score (nSPS) is 23.3. The van der Waals surface area contributed by atoms with Crippen LogP contribution in [0, 0.1) is 13.8 Å². The van der Waals surface area contributed by atoms with Gasteiger partial charge in [-0.2, -0.15) is 4.98 Å². The van der Waals surface area contributed by atoms with Gasteiger partial charge in [0, 0.05) is 0 Å². The molecule has 8 N–H and O–H groups in total. The average Bonchev–Trinajstić information content (AvgIpc) is 3.63. The van der Waals surface area contributed by atoms with Crippen molar-refractivity contribution >= 4 is 43.7 Å². The lowest BCUT2D eigenvalue weighted by Crippen LogP contribution is -2.45. The van der Waals surface area contributed by atoms with Crippen molar-refractivity contribution in [3.63, 3.8) is 0 Å². The molecule has 0 spiro atoms. The van der Waals surface area contributed by atoms with Crippen LogP contribution in [-0.4, -0.2) is 110 Å². The summed E-state index contributed by atoms with van der Waals surface area (Å²) in [5.41, 5.74) is 6.97. The highest BCUT2D eigenvalue weighted by Gasteiger charge is 2.47. The number of imidazole rings is 1. The third-order valence-corrected chi connectivity index (χ3v) is 10.9. The number of hydrogen-bond donors (Lipinski definition) is 7. The fourth-order valence-electron chi connectivity index (χ4n) is 5.56. The van der Waals surface area contributed by atoms with Crippen LogP contribution in [0.3, 0.4) is 0 Å². The van der Waals surface area contributed by atoms with Crippen LogP contribution in [0.1, 0.15) is 17.4 Å². The minimum atomic E-state index is -5.85. The Labute approximate surface area is 296 Å². The highest BCUT2D eigenvalue weighted by molar-refractivity contribution is 7.59. The molecule has 2 aromatic heterocycles. The van der Waals surface area contributed by atoms with Crippen LogP contribution in [0.4, 0.5) is 5.82 Å². The lowest BCUT2D eigenvalue weighted by molar-refractivity contribution is -0.745. The van der Waals surface area contributed by atoms with Crippen LogP contribution in [0.15, 0.2) is 29.6 Å². The summed E-state index contributed by atoms with van der Waals surface area (Å²) in [6.07, 6.45) is -10.1. The first-order valence-corrected chi connectivity index (χ1v) is 18.3. The maximum Gasteiger partial charge on any atom is 0.309 e.